The molecule has 2 nitrogen and oxygen atoms in total. The number of ether oxygens (including phenoxy) is 2. The van der Waals surface area contributed by atoms with Crippen LogP contribution in [0.25, 0.3) is 5.57 Å². The average Bonchev–Trinajstić information content (AvgIpc) is 2.48. The van der Waals surface area contributed by atoms with Crippen molar-refractivity contribution < 1.29 is 9.47 Å². The minimum Gasteiger partial charge on any atom is -0.497 e. The Hall–Kier alpha value is -2.22. The molecule has 0 saturated heterocycles. The van der Waals surface area contributed by atoms with E-state index in [-0.39, 0.29) is 0 Å². The van der Waals surface area contributed by atoms with Gasteiger partial charge in [0.25, 0.3) is 0 Å². The van der Waals surface area contributed by atoms with Gasteiger partial charge in [0, 0.05) is 0 Å². The van der Waals surface area contributed by atoms with E-state index in [1.165, 1.54) is 22.3 Å². The third-order valence-corrected chi connectivity index (χ3v) is 3.26. The molecule has 2 aromatic rings. The summed E-state index contributed by atoms with van der Waals surface area (Å²) < 4.78 is 10.4. The first-order chi connectivity index (χ1) is 9.65. The highest BCUT2D eigenvalue weighted by Gasteiger charge is 2.07. The van der Waals surface area contributed by atoms with Gasteiger partial charge in [0.2, 0.25) is 0 Å². The van der Waals surface area contributed by atoms with Crippen molar-refractivity contribution in [3.05, 3.63) is 65.2 Å². The van der Waals surface area contributed by atoms with Crippen LogP contribution in [0.4, 0.5) is 0 Å². The van der Waals surface area contributed by atoms with E-state index < -0.39 is 0 Å². The molecule has 0 bridgehead atoms. The van der Waals surface area contributed by atoms with E-state index in [4.69, 9.17) is 9.47 Å². The van der Waals surface area contributed by atoms with Crippen LogP contribution in [0.2, 0.25) is 0 Å². The Labute approximate surface area is 120 Å². The molecule has 0 N–H and O–H groups in total. The molecule has 0 spiro atoms. The Morgan fingerprint density at radius 2 is 1.00 bits per heavy atom. The van der Waals surface area contributed by atoms with Gasteiger partial charge in [-0.05, 0) is 54.8 Å². The first-order valence-corrected chi connectivity index (χ1v) is 6.62. The van der Waals surface area contributed by atoms with Gasteiger partial charge < -0.3 is 9.47 Å². The quantitative estimate of drug-likeness (QED) is 0.810. The predicted molar refractivity (Wildman–Crippen MR) is 83.4 cm³/mol. The monoisotopic (exact) mass is 268 g/mol. The molecule has 0 amide bonds. The van der Waals surface area contributed by atoms with Crippen LogP contribution in [0.15, 0.2) is 54.1 Å². The molecule has 0 atom stereocenters. The number of hydrogen-bond acceptors (Lipinski definition) is 2. The van der Waals surface area contributed by atoms with Crippen LogP contribution >= 0.6 is 0 Å². The van der Waals surface area contributed by atoms with Gasteiger partial charge in [0.15, 0.2) is 0 Å². The van der Waals surface area contributed by atoms with Gasteiger partial charge >= 0.3 is 0 Å². The maximum Gasteiger partial charge on any atom is 0.118 e. The Morgan fingerprint density at radius 3 is 1.25 bits per heavy atom. The summed E-state index contributed by atoms with van der Waals surface area (Å²) in [6.45, 7) is 4.26. The zero-order chi connectivity index (χ0) is 14.5. The molecule has 0 aliphatic rings. The summed E-state index contributed by atoms with van der Waals surface area (Å²) in [5.41, 5.74) is 4.91. The number of benzene rings is 2. The summed E-state index contributed by atoms with van der Waals surface area (Å²) in [5, 5.41) is 0. The second kappa shape index (κ2) is 6.29. The predicted octanol–water partition coefficient (Wildman–Crippen LogP) is 4.55. The van der Waals surface area contributed by atoms with E-state index in [0.29, 0.717) is 0 Å². The van der Waals surface area contributed by atoms with E-state index in [1.807, 2.05) is 24.3 Å². The highest BCUT2D eigenvalue weighted by Crippen LogP contribution is 2.29. The molecule has 2 rings (SSSR count). The fourth-order valence-corrected chi connectivity index (χ4v) is 2.26. The van der Waals surface area contributed by atoms with Gasteiger partial charge in [0.1, 0.15) is 11.5 Å². The number of rotatable bonds is 4. The lowest BCUT2D eigenvalue weighted by Crippen LogP contribution is -1.92. The van der Waals surface area contributed by atoms with Gasteiger partial charge in [-0.2, -0.15) is 0 Å². The van der Waals surface area contributed by atoms with Gasteiger partial charge in [-0.3, -0.25) is 0 Å². The first-order valence-electron chi connectivity index (χ1n) is 6.62. The van der Waals surface area contributed by atoms with E-state index in [0.717, 1.165) is 11.5 Å². The molecule has 0 saturated carbocycles. The molecule has 0 aliphatic heterocycles. The fraction of sp³-hybridized carbons (Fsp3) is 0.222. The highest BCUT2D eigenvalue weighted by atomic mass is 16.5. The molecule has 2 heteroatoms. The van der Waals surface area contributed by atoms with Crippen LogP contribution in [-0.2, 0) is 0 Å². The highest BCUT2D eigenvalue weighted by molar-refractivity contribution is 5.82. The lowest BCUT2D eigenvalue weighted by molar-refractivity contribution is 0.414. The molecule has 0 aliphatic carbocycles. The van der Waals surface area contributed by atoms with Crippen molar-refractivity contribution in [3.63, 3.8) is 0 Å². The Bertz CT molecular complexity index is 539. The fourth-order valence-electron chi connectivity index (χ4n) is 2.26. The van der Waals surface area contributed by atoms with Gasteiger partial charge in [0.05, 0.1) is 14.2 Å². The first kappa shape index (κ1) is 14.2. The largest absolute Gasteiger partial charge is 0.497 e. The topological polar surface area (TPSA) is 18.5 Å². The minimum absolute atomic E-state index is 0.872. The van der Waals surface area contributed by atoms with Gasteiger partial charge in [-0.15, -0.1) is 0 Å². The van der Waals surface area contributed by atoms with Crippen LogP contribution in [0.1, 0.15) is 25.0 Å². The molecule has 104 valence electrons. The molecule has 0 radical (unpaired) electrons. The van der Waals surface area contributed by atoms with Crippen LogP contribution in [-0.4, -0.2) is 14.2 Å². The summed E-state index contributed by atoms with van der Waals surface area (Å²) in [5.74, 6) is 1.74. The maximum atomic E-state index is 5.21. The standard InChI is InChI=1S/C18H20O2/c1-13(2)18(14-5-9-16(19-3)10-6-14)15-7-11-17(20-4)12-8-15/h5-12H,1-4H3. The smallest absolute Gasteiger partial charge is 0.118 e. The third kappa shape index (κ3) is 3.02. The SMILES string of the molecule is COc1ccc(C(=C(C)C)c2ccc(OC)cc2)cc1. The molecule has 0 heterocycles. The van der Waals surface area contributed by atoms with Crippen molar-refractivity contribution in [1.29, 1.82) is 0 Å². The van der Waals surface area contributed by atoms with Crippen molar-refractivity contribution in [2.24, 2.45) is 0 Å². The second-order valence-corrected chi connectivity index (χ2v) is 4.83. The summed E-state index contributed by atoms with van der Waals surface area (Å²) in [4.78, 5) is 0. The normalized spacial score (nSPS) is 10.0. The average molecular weight is 268 g/mol. The lowest BCUT2D eigenvalue weighted by Gasteiger charge is -2.12. The Balaban J connectivity index is 2.42. The molecule has 2 aromatic carbocycles. The number of allylic oxidation sites excluding steroid dienone is 1. The van der Waals surface area contributed by atoms with E-state index >= 15 is 0 Å². The molecular formula is C18H20O2. The minimum atomic E-state index is 0.872. The third-order valence-electron chi connectivity index (χ3n) is 3.26. The van der Waals surface area contributed by atoms with Gasteiger partial charge in [-0.1, -0.05) is 29.8 Å². The van der Waals surface area contributed by atoms with Crippen molar-refractivity contribution >= 4 is 5.57 Å². The molecule has 20 heavy (non-hydrogen) atoms. The van der Waals surface area contributed by atoms with Crippen molar-refractivity contribution in [3.8, 4) is 11.5 Å². The van der Waals surface area contributed by atoms with E-state index in [2.05, 4.69) is 38.1 Å². The lowest BCUT2D eigenvalue weighted by atomic mass is 9.94. The second-order valence-electron chi connectivity index (χ2n) is 4.83. The Kier molecular flexibility index (Phi) is 4.46. The molecule has 0 unspecified atom stereocenters. The summed E-state index contributed by atoms with van der Waals surface area (Å²) in [7, 11) is 3.36. The van der Waals surface area contributed by atoms with Crippen LogP contribution in [0.5, 0.6) is 11.5 Å². The van der Waals surface area contributed by atoms with Crippen LogP contribution in [0, 0.1) is 0 Å². The van der Waals surface area contributed by atoms with Crippen molar-refractivity contribution in [1.82, 2.24) is 0 Å². The van der Waals surface area contributed by atoms with E-state index in [1.54, 1.807) is 14.2 Å². The summed E-state index contributed by atoms with van der Waals surface area (Å²) in [6, 6.07) is 16.3. The van der Waals surface area contributed by atoms with Crippen LogP contribution < -0.4 is 9.47 Å². The summed E-state index contributed by atoms with van der Waals surface area (Å²) >= 11 is 0. The van der Waals surface area contributed by atoms with Gasteiger partial charge in [-0.25, -0.2) is 0 Å². The number of hydrogen-bond donors (Lipinski definition) is 0. The van der Waals surface area contributed by atoms with Crippen molar-refractivity contribution in [2.75, 3.05) is 14.2 Å². The van der Waals surface area contributed by atoms with Crippen molar-refractivity contribution in [2.45, 2.75) is 13.8 Å². The van der Waals surface area contributed by atoms with E-state index in [9.17, 15) is 0 Å². The molecule has 0 aromatic heterocycles. The zero-order valence-corrected chi connectivity index (χ0v) is 12.4. The van der Waals surface area contributed by atoms with Crippen LogP contribution in [0.3, 0.4) is 0 Å². The Morgan fingerprint density at radius 1 is 0.650 bits per heavy atom. The molecular weight excluding hydrogens is 248 g/mol. The molecule has 0 fully saturated rings. The zero-order valence-electron chi connectivity index (χ0n) is 12.4. The summed E-state index contributed by atoms with van der Waals surface area (Å²) in [6.07, 6.45) is 0. The number of methoxy groups -OCH3 is 2. The maximum absolute atomic E-state index is 5.21.